The van der Waals surface area contributed by atoms with Gasteiger partial charge < -0.3 is 9.64 Å². The first-order valence-electron chi connectivity index (χ1n) is 7.83. The number of piperidine rings is 1. The summed E-state index contributed by atoms with van der Waals surface area (Å²) < 4.78 is 6.14. The van der Waals surface area contributed by atoms with Crippen LogP contribution in [0.2, 0.25) is 0 Å². The molecule has 0 aromatic carbocycles. The van der Waals surface area contributed by atoms with Gasteiger partial charge in [-0.05, 0) is 45.5 Å². The Morgan fingerprint density at radius 1 is 1.30 bits per heavy atom. The fourth-order valence-corrected chi connectivity index (χ4v) is 3.21. The fourth-order valence-electron chi connectivity index (χ4n) is 3.21. The summed E-state index contributed by atoms with van der Waals surface area (Å²) in [5.74, 6) is 0.834. The first-order chi connectivity index (χ1) is 9.81. The molecule has 110 valence electrons. The van der Waals surface area contributed by atoms with Crippen LogP contribution in [-0.2, 0) is 6.54 Å². The third-order valence-electron chi connectivity index (χ3n) is 4.30. The van der Waals surface area contributed by atoms with Gasteiger partial charge in [-0.3, -0.25) is 4.90 Å². The van der Waals surface area contributed by atoms with Crippen molar-refractivity contribution >= 4 is 0 Å². The molecule has 3 heterocycles. The van der Waals surface area contributed by atoms with Crippen molar-refractivity contribution < 1.29 is 4.74 Å². The molecule has 0 amide bonds. The van der Waals surface area contributed by atoms with Crippen LogP contribution >= 0.6 is 0 Å². The standard InChI is InChI=1S/C16H25N3O/c1-18-12-14-6-5-8-17-16(14)20-15(13-18)7-11-19-9-3-2-4-10-19/h5-6,8,15H,2-4,7,9-13H2,1H3. The number of likely N-dealkylation sites (N-methyl/N-ethyl adjacent to an activating group) is 1. The van der Waals surface area contributed by atoms with E-state index in [9.17, 15) is 0 Å². The molecule has 1 fully saturated rings. The van der Waals surface area contributed by atoms with E-state index < -0.39 is 0 Å². The lowest BCUT2D eigenvalue weighted by Crippen LogP contribution is -2.36. The smallest absolute Gasteiger partial charge is 0.218 e. The van der Waals surface area contributed by atoms with E-state index in [1.165, 1.54) is 37.9 Å². The van der Waals surface area contributed by atoms with Crippen molar-refractivity contribution in [2.45, 2.75) is 38.3 Å². The van der Waals surface area contributed by atoms with Gasteiger partial charge in [0.2, 0.25) is 5.88 Å². The van der Waals surface area contributed by atoms with Crippen LogP contribution in [0.4, 0.5) is 0 Å². The van der Waals surface area contributed by atoms with Gasteiger partial charge in [-0.25, -0.2) is 4.98 Å². The summed E-state index contributed by atoms with van der Waals surface area (Å²) in [7, 11) is 2.17. The molecule has 20 heavy (non-hydrogen) atoms. The number of likely N-dealkylation sites (tertiary alicyclic amines) is 1. The highest BCUT2D eigenvalue weighted by atomic mass is 16.5. The van der Waals surface area contributed by atoms with Crippen LogP contribution < -0.4 is 4.74 Å². The quantitative estimate of drug-likeness (QED) is 0.845. The number of ether oxygens (including phenoxy) is 1. The molecule has 0 radical (unpaired) electrons. The highest BCUT2D eigenvalue weighted by Gasteiger charge is 2.22. The van der Waals surface area contributed by atoms with Crippen LogP contribution in [0, 0.1) is 0 Å². The Balaban J connectivity index is 1.59. The zero-order valence-corrected chi connectivity index (χ0v) is 12.4. The highest BCUT2D eigenvalue weighted by Crippen LogP contribution is 2.22. The van der Waals surface area contributed by atoms with Crippen LogP contribution in [-0.4, -0.2) is 54.1 Å². The van der Waals surface area contributed by atoms with Crippen molar-refractivity contribution in [2.75, 3.05) is 33.2 Å². The molecular formula is C16H25N3O. The number of aromatic nitrogens is 1. The van der Waals surface area contributed by atoms with Crippen molar-refractivity contribution in [3.05, 3.63) is 23.9 Å². The number of hydrogen-bond donors (Lipinski definition) is 0. The minimum absolute atomic E-state index is 0.262. The Kier molecular flexibility index (Phi) is 4.53. The summed E-state index contributed by atoms with van der Waals surface area (Å²) in [6, 6.07) is 4.11. The maximum Gasteiger partial charge on any atom is 0.218 e. The van der Waals surface area contributed by atoms with Crippen molar-refractivity contribution in [3.63, 3.8) is 0 Å². The molecular weight excluding hydrogens is 250 g/mol. The number of rotatable bonds is 3. The minimum Gasteiger partial charge on any atom is -0.473 e. The van der Waals surface area contributed by atoms with Gasteiger partial charge in [0.25, 0.3) is 0 Å². The molecule has 2 aliphatic rings. The van der Waals surface area contributed by atoms with Crippen molar-refractivity contribution in [3.8, 4) is 5.88 Å². The molecule has 1 aromatic heterocycles. The summed E-state index contributed by atoms with van der Waals surface area (Å²) >= 11 is 0. The number of hydrogen-bond acceptors (Lipinski definition) is 4. The van der Waals surface area contributed by atoms with E-state index in [1.807, 2.05) is 12.3 Å². The van der Waals surface area contributed by atoms with Crippen LogP contribution in [0.3, 0.4) is 0 Å². The molecule has 1 saturated heterocycles. The van der Waals surface area contributed by atoms with Gasteiger partial charge in [0.05, 0.1) is 0 Å². The van der Waals surface area contributed by atoms with Crippen molar-refractivity contribution in [2.24, 2.45) is 0 Å². The second kappa shape index (κ2) is 6.55. The Morgan fingerprint density at radius 3 is 3.00 bits per heavy atom. The van der Waals surface area contributed by atoms with Gasteiger partial charge in [0.1, 0.15) is 6.10 Å². The second-order valence-electron chi connectivity index (χ2n) is 6.10. The maximum atomic E-state index is 6.14. The summed E-state index contributed by atoms with van der Waals surface area (Å²) in [6.07, 6.45) is 7.30. The molecule has 4 heteroatoms. The molecule has 0 bridgehead atoms. The largest absolute Gasteiger partial charge is 0.473 e. The van der Waals surface area contributed by atoms with Crippen molar-refractivity contribution in [1.82, 2.24) is 14.8 Å². The zero-order chi connectivity index (χ0) is 13.8. The predicted octanol–water partition coefficient (Wildman–Crippen LogP) is 2.15. The maximum absolute atomic E-state index is 6.14. The van der Waals surface area contributed by atoms with E-state index in [1.54, 1.807) is 0 Å². The molecule has 0 aliphatic carbocycles. The lowest BCUT2D eigenvalue weighted by Gasteiger charge is -2.28. The average molecular weight is 275 g/mol. The lowest BCUT2D eigenvalue weighted by atomic mass is 10.1. The number of pyridine rings is 1. The Labute approximate surface area is 121 Å². The fraction of sp³-hybridized carbons (Fsp3) is 0.688. The van der Waals surface area contributed by atoms with E-state index in [-0.39, 0.29) is 6.10 Å². The first-order valence-corrected chi connectivity index (χ1v) is 7.83. The molecule has 0 spiro atoms. The average Bonchev–Trinajstić information content (AvgIpc) is 2.63. The van der Waals surface area contributed by atoms with Gasteiger partial charge in [-0.1, -0.05) is 12.5 Å². The van der Waals surface area contributed by atoms with Crippen LogP contribution in [0.25, 0.3) is 0 Å². The minimum atomic E-state index is 0.262. The normalized spacial score (nSPS) is 24.8. The first kappa shape index (κ1) is 13.8. The summed E-state index contributed by atoms with van der Waals surface area (Å²) in [4.78, 5) is 9.32. The van der Waals surface area contributed by atoms with E-state index >= 15 is 0 Å². The Bertz CT molecular complexity index is 431. The van der Waals surface area contributed by atoms with Gasteiger partial charge in [0, 0.05) is 31.4 Å². The summed E-state index contributed by atoms with van der Waals surface area (Å²) in [5.41, 5.74) is 1.20. The van der Waals surface area contributed by atoms with Crippen LogP contribution in [0.1, 0.15) is 31.2 Å². The third kappa shape index (κ3) is 3.49. The lowest BCUT2D eigenvalue weighted by molar-refractivity contribution is 0.124. The van der Waals surface area contributed by atoms with E-state index in [0.717, 1.165) is 31.9 Å². The number of nitrogens with zero attached hydrogens (tertiary/aromatic N) is 3. The van der Waals surface area contributed by atoms with Crippen molar-refractivity contribution in [1.29, 1.82) is 0 Å². The van der Waals surface area contributed by atoms with E-state index in [2.05, 4.69) is 27.9 Å². The molecule has 1 aromatic rings. The highest BCUT2D eigenvalue weighted by molar-refractivity contribution is 5.26. The predicted molar refractivity (Wildman–Crippen MR) is 79.9 cm³/mol. The number of fused-ring (bicyclic) bond motifs is 1. The molecule has 0 saturated carbocycles. The Hall–Kier alpha value is -1.13. The monoisotopic (exact) mass is 275 g/mol. The third-order valence-corrected chi connectivity index (χ3v) is 4.30. The molecule has 0 N–H and O–H groups in total. The molecule has 1 unspecified atom stereocenters. The topological polar surface area (TPSA) is 28.6 Å². The molecule has 1 atom stereocenters. The zero-order valence-electron chi connectivity index (χ0n) is 12.4. The van der Waals surface area contributed by atoms with Gasteiger partial charge >= 0.3 is 0 Å². The molecule has 2 aliphatic heterocycles. The van der Waals surface area contributed by atoms with Gasteiger partial charge in [0.15, 0.2) is 0 Å². The second-order valence-corrected chi connectivity index (χ2v) is 6.10. The molecule has 3 rings (SSSR count). The summed E-state index contributed by atoms with van der Waals surface area (Å²) in [5, 5.41) is 0. The van der Waals surface area contributed by atoms with E-state index in [4.69, 9.17) is 4.74 Å². The SMILES string of the molecule is CN1Cc2cccnc2OC(CCN2CCCCC2)C1. The van der Waals surface area contributed by atoms with Crippen LogP contribution in [0.5, 0.6) is 5.88 Å². The van der Waals surface area contributed by atoms with Crippen LogP contribution in [0.15, 0.2) is 18.3 Å². The Morgan fingerprint density at radius 2 is 2.15 bits per heavy atom. The van der Waals surface area contributed by atoms with Gasteiger partial charge in [-0.15, -0.1) is 0 Å². The summed E-state index contributed by atoms with van der Waals surface area (Å²) in [6.45, 7) is 5.60. The van der Waals surface area contributed by atoms with E-state index in [0.29, 0.717) is 0 Å². The molecule has 4 nitrogen and oxygen atoms in total. The van der Waals surface area contributed by atoms with Gasteiger partial charge in [-0.2, -0.15) is 0 Å².